The van der Waals surface area contributed by atoms with Crippen LogP contribution in [0.25, 0.3) is 0 Å². The lowest BCUT2D eigenvalue weighted by molar-refractivity contribution is 0.378. The van der Waals surface area contributed by atoms with Gasteiger partial charge in [0.25, 0.3) is 0 Å². The number of anilines is 2. The van der Waals surface area contributed by atoms with E-state index in [9.17, 15) is 0 Å². The van der Waals surface area contributed by atoms with E-state index in [2.05, 4.69) is 41.0 Å². The second kappa shape index (κ2) is 7.76. The van der Waals surface area contributed by atoms with Crippen LogP contribution >= 0.6 is 0 Å². The van der Waals surface area contributed by atoms with E-state index in [4.69, 9.17) is 4.74 Å². The molecular weight excluding hydrogens is 242 g/mol. The van der Waals surface area contributed by atoms with Crippen molar-refractivity contribution in [3.05, 3.63) is 0 Å². The molecule has 6 nitrogen and oxygen atoms in total. The van der Waals surface area contributed by atoms with Crippen LogP contribution in [0.5, 0.6) is 6.01 Å². The monoisotopic (exact) mass is 267 g/mol. The molecule has 0 saturated carbocycles. The molecule has 1 heterocycles. The summed E-state index contributed by atoms with van der Waals surface area (Å²) in [7, 11) is 3.56. The average molecular weight is 267 g/mol. The van der Waals surface area contributed by atoms with E-state index in [-0.39, 0.29) is 0 Å². The lowest BCUT2D eigenvalue weighted by atomic mass is 10.1. The molecule has 0 aliphatic carbocycles. The Bertz CT molecular complexity index is 385. The normalized spacial score (nSPS) is 12.1. The molecule has 1 atom stereocenters. The Morgan fingerprint density at radius 3 is 2.58 bits per heavy atom. The number of aromatic nitrogens is 3. The van der Waals surface area contributed by atoms with E-state index in [1.165, 1.54) is 0 Å². The van der Waals surface area contributed by atoms with Crippen LogP contribution in [0.1, 0.15) is 33.6 Å². The summed E-state index contributed by atoms with van der Waals surface area (Å²) in [5.41, 5.74) is 0. The van der Waals surface area contributed by atoms with Crippen molar-refractivity contribution < 1.29 is 4.74 Å². The highest BCUT2D eigenvalue weighted by atomic mass is 16.5. The van der Waals surface area contributed by atoms with E-state index < -0.39 is 0 Å². The third kappa shape index (κ3) is 4.89. The van der Waals surface area contributed by atoms with Crippen LogP contribution in [-0.2, 0) is 0 Å². The standard InChI is InChI=1S/C13H25N5O/c1-6-8-14-11-15-12(17-13(16-11)19-5)18(4)9-10(3)7-2/h10H,6-9H2,1-5H3,(H,14,15,16,17). The van der Waals surface area contributed by atoms with Gasteiger partial charge in [0.2, 0.25) is 11.9 Å². The first-order chi connectivity index (χ1) is 9.10. The fraction of sp³-hybridized carbons (Fsp3) is 0.769. The fourth-order valence-corrected chi connectivity index (χ4v) is 1.60. The maximum atomic E-state index is 5.13. The summed E-state index contributed by atoms with van der Waals surface area (Å²) in [4.78, 5) is 14.9. The largest absolute Gasteiger partial charge is 0.467 e. The molecule has 1 aromatic heterocycles. The van der Waals surface area contributed by atoms with Gasteiger partial charge in [0.05, 0.1) is 7.11 Å². The highest BCUT2D eigenvalue weighted by Gasteiger charge is 2.12. The zero-order valence-corrected chi connectivity index (χ0v) is 12.6. The van der Waals surface area contributed by atoms with Crippen LogP contribution in [0.4, 0.5) is 11.9 Å². The number of hydrogen-bond donors (Lipinski definition) is 1. The Kier molecular flexibility index (Phi) is 6.32. The van der Waals surface area contributed by atoms with Gasteiger partial charge in [0, 0.05) is 20.1 Å². The van der Waals surface area contributed by atoms with Gasteiger partial charge in [-0.05, 0) is 12.3 Å². The highest BCUT2D eigenvalue weighted by Crippen LogP contribution is 2.15. The van der Waals surface area contributed by atoms with Crippen molar-refractivity contribution >= 4 is 11.9 Å². The van der Waals surface area contributed by atoms with Crippen LogP contribution in [0.15, 0.2) is 0 Å². The maximum absolute atomic E-state index is 5.13. The van der Waals surface area contributed by atoms with Gasteiger partial charge in [-0.3, -0.25) is 0 Å². The predicted molar refractivity (Wildman–Crippen MR) is 77.9 cm³/mol. The Hall–Kier alpha value is -1.59. The number of ether oxygens (including phenoxy) is 1. The number of nitrogens with zero attached hydrogens (tertiary/aromatic N) is 4. The van der Waals surface area contributed by atoms with Crippen molar-refractivity contribution in [2.24, 2.45) is 5.92 Å². The van der Waals surface area contributed by atoms with Crippen molar-refractivity contribution in [3.63, 3.8) is 0 Å². The van der Waals surface area contributed by atoms with Crippen molar-refractivity contribution in [1.29, 1.82) is 0 Å². The summed E-state index contributed by atoms with van der Waals surface area (Å²) in [5, 5.41) is 3.16. The van der Waals surface area contributed by atoms with Crippen molar-refractivity contribution in [2.45, 2.75) is 33.6 Å². The molecule has 1 unspecified atom stereocenters. The molecule has 0 aromatic carbocycles. The second-order valence-corrected chi connectivity index (χ2v) is 4.77. The number of nitrogens with one attached hydrogen (secondary N) is 1. The lowest BCUT2D eigenvalue weighted by Gasteiger charge is -2.21. The van der Waals surface area contributed by atoms with Gasteiger partial charge in [-0.15, -0.1) is 0 Å². The van der Waals surface area contributed by atoms with Crippen LogP contribution in [0, 0.1) is 5.92 Å². The zero-order chi connectivity index (χ0) is 14.3. The highest BCUT2D eigenvalue weighted by molar-refractivity contribution is 5.37. The van der Waals surface area contributed by atoms with E-state index in [0.717, 1.165) is 25.9 Å². The van der Waals surface area contributed by atoms with Crippen LogP contribution in [0.3, 0.4) is 0 Å². The molecule has 0 amide bonds. The third-order valence-corrected chi connectivity index (χ3v) is 2.94. The summed E-state index contributed by atoms with van der Waals surface area (Å²) < 4.78 is 5.13. The predicted octanol–water partition coefficient (Wildman–Crippen LogP) is 2.18. The number of hydrogen-bond acceptors (Lipinski definition) is 6. The Morgan fingerprint density at radius 1 is 1.26 bits per heavy atom. The van der Waals surface area contributed by atoms with Gasteiger partial charge >= 0.3 is 6.01 Å². The smallest absolute Gasteiger partial charge is 0.322 e. The number of methoxy groups -OCH3 is 1. The maximum Gasteiger partial charge on any atom is 0.322 e. The Labute approximate surface area is 115 Å². The first kappa shape index (κ1) is 15.5. The molecule has 19 heavy (non-hydrogen) atoms. The van der Waals surface area contributed by atoms with Gasteiger partial charge in [0.1, 0.15) is 0 Å². The Morgan fingerprint density at radius 2 is 2.00 bits per heavy atom. The average Bonchev–Trinajstić information content (AvgIpc) is 2.44. The van der Waals surface area contributed by atoms with Crippen LogP contribution in [-0.4, -0.2) is 42.2 Å². The van der Waals surface area contributed by atoms with E-state index in [1.807, 2.05) is 11.9 Å². The van der Waals surface area contributed by atoms with Crippen molar-refractivity contribution in [2.75, 3.05) is 37.5 Å². The van der Waals surface area contributed by atoms with Crippen molar-refractivity contribution in [3.8, 4) is 6.01 Å². The molecular formula is C13H25N5O. The molecule has 0 spiro atoms. The minimum absolute atomic E-state index is 0.347. The molecule has 0 aliphatic rings. The summed E-state index contributed by atoms with van der Waals surface area (Å²) in [6.07, 6.45) is 2.15. The number of rotatable bonds is 8. The third-order valence-electron chi connectivity index (χ3n) is 2.94. The summed E-state index contributed by atoms with van der Waals surface area (Å²) in [6, 6.07) is 0.347. The second-order valence-electron chi connectivity index (χ2n) is 4.77. The Balaban J connectivity index is 2.85. The zero-order valence-electron chi connectivity index (χ0n) is 12.6. The van der Waals surface area contributed by atoms with Gasteiger partial charge < -0.3 is 15.0 Å². The molecule has 108 valence electrons. The van der Waals surface area contributed by atoms with E-state index >= 15 is 0 Å². The van der Waals surface area contributed by atoms with Gasteiger partial charge in [0.15, 0.2) is 0 Å². The van der Waals surface area contributed by atoms with Gasteiger partial charge in [-0.2, -0.15) is 15.0 Å². The molecule has 1 rings (SSSR count). The quantitative estimate of drug-likeness (QED) is 0.779. The molecule has 1 aromatic rings. The minimum Gasteiger partial charge on any atom is -0.467 e. The summed E-state index contributed by atoms with van der Waals surface area (Å²) >= 11 is 0. The van der Waals surface area contributed by atoms with Crippen LogP contribution in [0.2, 0.25) is 0 Å². The molecule has 6 heteroatoms. The molecule has 0 aliphatic heterocycles. The minimum atomic E-state index is 0.347. The van der Waals surface area contributed by atoms with Crippen molar-refractivity contribution in [1.82, 2.24) is 15.0 Å². The lowest BCUT2D eigenvalue weighted by Crippen LogP contribution is -2.26. The summed E-state index contributed by atoms with van der Waals surface area (Å²) in [6.45, 7) is 8.24. The first-order valence-electron chi connectivity index (χ1n) is 6.85. The SMILES string of the molecule is CCCNc1nc(OC)nc(N(C)CC(C)CC)n1. The summed E-state index contributed by atoms with van der Waals surface area (Å²) in [5.74, 6) is 1.81. The van der Waals surface area contributed by atoms with E-state index in [1.54, 1.807) is 7.11 Å². The molecule has 0 saturated heterocycles. The van der Waals surface area contributed by atoms with E-state index in [0.29, 0.717) is 23.8 Å². The molecule has 1 N–H and O–H groups in total. The van der Waals surface area contributed by atoms with Gasteiger partial charge in [-0.1, -0.05) is 27.2 Å². The van der Waals surface area contributed by atoms with Crippen LogP contribution < -0.4 is 15.0 Å². The molecule has 0 bridgehead atoms. The topological polar surface area (TPSA) is 63.2 Å². The molecule has 0 radical (unpaired) electrons. The fourth-order valence-electron chi connectivity index (χ4n) is 1.60. The first-order valence-corrected chi connectivity index (χ1v) is 6.85. The molecule has 0 fully saturated rings. The van der Waals surface area contributed by atoms with Gasteiger partial charge in [-0.25, -0.2) is 0 Å².